The standard InChI is InChI=1S/C46H55F2N7O9/c1-24(2)36(51-43(59)63-45(3,4)5)42(58)62-18-17-61-41(57)28-14-13-27-12-11-25(22-55(27)40(28)56)29-20-49-39-34(38(29)54-16-15-26-21-52(9)23-32(26)54)33-35(48)30(47)19-31(37(33)50-39)53(10)44(60)64-46(6,7)8/h11-14,19-20,22,24,26,32,36H,15-18,21,23H2,1-10H3,(H,49,50)(H,51,59)/t26-,32+,36-/m0/s1. The number of anilines is 2. The molecule has 64 heavy (non-hydrogen) atoms. The van der Waals surface area contributed by atoms with E-state index in [-0.39, 0.29) is 53.0 Å². The number of H-pyrrole nitrogens is 1. The number of alkyl carbamates (subject to hydrolysis) is 1. The number of likely N-dealkylation sites (tertiary alicyclic amines) is 1. The quantitative estimate of drug-likeness (QED) is 0.0833. The van der Waals surface area contributed by atoms with Crippen LogP contribution >= 0.6 is 0 Å². The van der Waals surface area contributed by atoms with Gasteiger partial charge in [0.25, 0.3) is 5.56 Å². The van der Waals surface area contributed by atoms with Crippen molar-refractivity contribution in [2.75, 3.05) is 56.7 Å². The van der Waals surface area contributed by atoms with Gasteiger partial charge in [-0.05, 0) is 85.0 Å². The normalized spacial score (nSPS) is 17.2. The van der Waals surface area contributed by atoms with Crippen LogP contribution in [0.4, 0.5) is 29.7 Å². The molecule has 3 atom stereocenters. The Morgan fingerprint density at radius 1 is 0.969 bits per heavy atom. The number of halogens is 2. The smallest absolute Gasteiger partial charge is 0.414 e. The van der Waals surface area contributed by atoms with Crippen LogP contribution in [0.2, 0.25) is 0 Å². The molecule has 0 saturated carbocycles. The number of fused-ring (bicyclic) bond motifs is 5. The Bertz CT molecular complexity index is 2720. The summed E-state index contributed by atoms with van der Waals surface area (Å²) in [6.45, 7) is 15.1. The third-order valence-corrected chi connectivity index (χ3v) is 11.3. The largest absolute Gasteiger partial charge is 0.461 e. The molecule has 0 aliphatic carbocycles. The van der Waals surface area contributed by atoms with Crippen molar-refractivity contribution >= 4 is 63.0 Å². The minimum atomic E-state index is -1.17. The number of hydrogen-bond donors (Lipinski definition) is 2. The van der Waals surface area contributed by atoms with E-state index in [9.17, 15) is 24.0 Å². The highest BCUT2D eigenvalue weighted by Gasteiger charge is 2.42. The molecule has 0 radical (unpaired) electrons. The Labute approximate surface area is 368 Å². The van der Waals surface area contributed by atoms with E-state index in [1.54, 1.807) is 86.0 Å². The number of aromatic nitrogens is 3. The number of pyridine rings is 3. The fourth-order valence-electron chi connectivity index (χ4n) is 8.46. The summed E-state index contributed by atoms with van der Waals surface area (Å²) in [4.78, 5) is 79.1. The number of esters is 2. The molecular weight excluding hydrogens is 833 g/mol. The van der Waals surface area contributed by atoms with Crippen molar-refractivity contribution in [1.29, 1.82) is 0 Å². The number of amides is 2. The SMILES string of the molecule is CC(C)[C@H](NC(=O)OC(C)(C)C)C(=O)OCCOC(=O)c1ccc2ccc(-c3cnc4[nH]c5c(N(C)C(=O)OC(C)(C)C)cc(F)c(F)c5c4c3N3CC[C@H]4CN(C)C[C@H]43)cn2c1=O. The van der Waals surface area contributed by atoms with Crippen LogP contribution in [0.15, 0.2) is 47.5 Å². The molecule has 2 saturated heterocycles. The van der Waals surface area contributed by atoms with Crippen molar-refractivity contribution in [2.24, 2.45) is 11.8 Å². The first-order chi connectivity index (χ1) is 30.0. The Morgan fingerprint density at radius 3 is 2.34 bits per heavy atom. The first-order valence-electron chi connectivity index (χ1n) is 21.3. The van der Waals surface area contributed by atoms with E-state index in [4.69, 9.17) is 23.9 Å². The second-order valence-electron chi connectivity index (χ2n) is 18.8. The van der Waals surface area contributed by atoms with Gasteiger partial charge in [0.1, 0.15) is 41.7 Å². The molecule has 6 heterocycles. The fourth-order valence-corrected chi connectivity index (χ4v) is 8.46. The second kappa shape index (κ2) is 17.3. The average Bonchev–Trinajstić information content (AvgIpc) is 3.90. The number of nitrogens with one attached hydrogen (secondary N) is 2. The van der Waals surface area contributed by atoms with E-state index >= 15 is 8.78 Å². The lowest BCUT2D eigenvalue weighted by molar-refractivity contribution is -0.148. The van der Waals surface area contributed by atoms with E-state index in [1.807, 2.05) is 7.05 Å². The highest BCUT2D eigenvalue weighted by atomic mass is 19.2. The molecule has 2 fully saturated rings. The number of rotatable bonds is 10. The third kappa shape index (κ3) is 9.19. The number of aromatic amines is 1. The zero-order chi connectivity index (χ0) is 46.6. The Kier molecular flexibility index (Phi) is 12.4. The molecule has 2 aliphatic rings. The summed E-state index contributed by atoms with van der Waals surface area (Å²) in [5, 5.41) is 2.73. The average molecular weight is 888 g/mol. The lowest BCUT2D eigenvalue weighted by atomic mass is 10.00. The molecule has 342 valence electrons. The second-order valence-corrected chi connectivity index (χ2v) is 18.8. The van der Waals surface area contributed by atoms with Gasteiger partial charge in [-0.2, -0.15) is 0 Å². The molecule has 0 spiro atoms. The first-order valence-corrected chi connectivity index (χ1v) is 21.3. The molecular formula is C46H55F2N7O9. The summed E-state index contributed by atoms with van der Waals surface area (Å²) >= 11 is 0. The van der Waals surface area contributed by atoms with Crippen molar-refractivity contribution < 1.29 is 46.9 Å². The van der Waals surface area contributed by atoms with Crippen LogP contribution in [0.25, 0.3) is 38.6 Å². The molecule has 0 unspecified atom stereocenters. The van der Waals surface area contributed by atoms with E-state index in [0.29, 0.717) is 40.2 Å². The van der Waals surface area contributed by atoms with E-state index in [2.05, 4.69) is 20.1 Å². The molecule has 0 bridgehead atoms. The Balaban J connectivity index is 1.23. The van der Waals surface area contributed by atoms with Gasteiger partial charge in [-0.15, -0.1) is 0 Å². The van der Waals surface area contributed by atoms with Crippen molar-refractivity contribution in [3.63, 3.8) is 0 Å². The monoisotopic (exact) mass is 887 g/mol. The highest BCUT2D eigenvalue weighted by molar-refractivity contribution is 6.19. The molecule has 2 N–H and O–H groups in total. The van der Waals surface area contributed by atoms with Crippen molar-refractivity contribution in [3.8, 4) is 11.1 Å². The minimum absolute atomic E-state index is 0.0288. The molecule has 7 rings (SSSR count). The van der Waals surface area contributed by atoms with Crippen LogP contribution in [-0.2, 0) is 23.7 Å². The highest BCUT2D eigenvalue weighted by Crippen LogP contribution is 2.47. The number of likely N-dealkylation sites (N-methyl/N-ethyl adjacent to an activating group) is 1. The Hall–Kier alpha value is -6.30. The van der Waals surface area contributed by atoms with Gasteiger partial charge in [0.15, 0.2) is 11.6 Å². The van der Waals surface area contributed by atoms with E-state index in [1.165, 1.54) is 17.5 Å². The van der Waals surface area contributed by atoms with Gasteiger partial charge in [0.2, 0.25) is 0 Å². The zero-order valence-corrected chi connectivity index (χ0v) is 37.8. The van der Waals surface area contributed by atoms with Crippen LogP contribution in [0.3, 0.4) is 0 Å². The van der Waals surface area contributed by atoms with E-state index in [0.717, 1.165) is 30.5 Å². The fraction of sp³-hybridized carbons (Fsp3) is 0.478. The number of nitrogens with zero attached hydrogens (tertiary/aromatic N) is 5. The number of ether oxygens (including phenoxy) is 4. The molecule has 4 aromatic heterocycles. The number of carbonyl (C=O) groups is 4. The van der Waals surface area contributed by atoms with Gasteiger partial charge >= 0.3 is 24.1 Å². The van der Waals surface area contributed by atoms with Crippen molar-refractivity contribution in [2.45, 2.75) is 85.1 Å². The van der Waals surface area contributed by atoms with Crippen molar-refractivity contribution in [1.82, 2.24) is 24.6 Å². The lowest BCUT2D eigenvalue weighted by Gasteiger charge is -2.29. The molecule has 18 heteroatoms. The summed E-state index contributed by atoms with van der Waals surface area (Å²) in [5.74, 6) is -4.02. The summed E-state index contributed by atoms with van der Waals surface area (Å²) in [6.07, 6.45) is 2.49. The minimum Gasteiger partial charge on any atom is -0.461 e. The number of benzene rings is 1. The topological polar surface area (TPSA) is 177 Å². The summed E-state index contributed by atoms with van der Waals surface area (Å²) in [7, 11) is 3.46. The lowest BCUT2D eigenvalue weighted by Crippen LogP contribution is -2.47. The van der Waals surface area contributed by atoms with Gasteiger partial charge in [0, 0.05) is 67.8 Å². The van der Waals surface area contributed by atoms with Crippen LogP contribution in [0.1, 0.15) is 72.2 Å². The predicted molar refractivity (Wildman–Crippen MR) is 237 cm³/mol. The van der Waals surface area contributed by atoms with Gasteiger partial charge in [0.05, 0.1) is 27.7 Å². The number of hydrogen-bond acceptors (Lipinski definition) is 12. The maximum Gasteiger partial charge on any atom is 0.414 e. The van der Waals surface area contributed by atoms with Crippen LogP contribution in [-0.4, -0.2) is 114 Å². The third-order valence-electron chi connectivity index (χ3n) is 11.3. The van der Waals surface area contributed by atoms with Gasteiger partial charge < -0.3 is 39.0 Å². The van der Waals surface area contributed by atoms with Crippen LogP contribution in [0, 0.1) is 23.5 Å². The zero-order valence-electron chi connectivity index (χ0n) is 37.8. The first kappa shape index (κ1) is 45.7. The van der Waals surface area contributed by atoms with Gasteiger partial charge in [-0.25, -0.2) is 32.9 Å². The maximum absolute atomic E-state index is 16.4. The molecule has 5 aromatic rings. The predicted octanol–water partition coefficient (Wildman–Crippen LogP) is 7.04. The van der Waals surface area contributed by atoms with Gasteiger partial charge in [-0.1, -0.05) is 19.9 Å². The molecule has 16 nitrogen and oxygen atoms in total. The maximum atomic E-state index is 16.4. The van der Waals surface area contributed by atoms with E-state index < -0.39 is 58.6 Å². The molecule has 2 amide bonds. The van der Waals surface area contributed by atoms with Crippen LogP contribution in [0.5, 0.6) is 0 Å². The Morgan fingerprint density at radius 2 is 1.66 bits per heavy atom. The van der Waals surface area contributed by atoms with Crippen molar-refractivity contribution in [3.05, 3.63) is 70.3 Å². The van der Waals surface area contributed by atoms with Gasteiger partial charge in [-0.3, -0.25) is 14.1 Å². The molecule has 1 aromatic carbocycles. The molecule has 2 aliphatic heterocycles. The van der Waals surface area contributed by atoms with Crippen LogP contribution < -0.4 is 20.7 Å². The summed E-state index contributed by atoms with van der Waals surface area (Å²) < 4.78 is 54.9. The number of carbonyl (C=O) groups excluding carboxylic acids is 4. The summed E-state index contributed by atoms with van der Waals surface area (Å²) in [5.41, 5.74) is -0.0668. The summed E-state index contributed by atoms with van der Waals surface area (Å²) in [6, 6.07) is 6.38.